The molecule has 1 N–H and O–H groups in total. The van der Waals surface area contributed by atoms with E-state index in [1.54, 1.807) is 24.3 Å². The Hall–Kier alpha value is -2.39. The van der Waals surface area contributed by atoms with Crippen molar-refractivity contribution in [3.05, 3.63) is 40.4 Å². The third-order valence-corrected chi connectivity index (χ3v) is 5.98. The first-order chi connectivity index (χ1) is 14.5. The second-order valence-corrected chi connectivity index (χ2v) is 7.93. The first-order valence-electron chi connectivity index (χ1n) is 10.5. The van der Waals surface area contributed by atoms with Gasteiger partial charge in [0.1, 0.15) is 5.82 Å². The maximum absolute atomic E-state index is 13.3. The van der Waals surface area contributed by atoms with E-state index in [0.717, 1.165) is 39.0 Å². The molecule has 0 spiro atoms. The van der Waals surface area contributed by atoms with Crippen molar-refractivity contribution in [2.45, 2.75) is 38.3 Å². The molecule has 1 aromatic carbocycles. The second kappa shape index (κ2) is 9.18. The normalized spacial score (nSPS) is 21.3. The van der Waals surface area contributed by atoms with Gasteiger partial charge in [0.2, 0.25) is 5.91 Å². The Kier molecular flexibility index (Phi) is 6.38. The lowest BCUT2D eigenvalue weighted by atomic mass is 10.1. The smallest absolute Gasteiger partial charge is 0.261 e. The van der Waals surface area contributed by atoms with Gasteiger partial charge in [-0.3, -0.25) is 24.0 Å². The van der Waals surface area contributed by atoms with Crippen LogP contribution < -0.4 is 10.9 Å². The summed E-state index contributed by atoms with van der Waals surface area (Å²) in [6, 6.07) is 6.76. The Morgan fingerprint density at radius 3 is 2.80 bits per heavy atom. The van der Waals surface area contributed by atoms with Crippen LogP contribution in [0.1, 0.15) is 31.1 Å². The van der Waals surface area contributed by atoms with Crippen molar-refractivity contribution in [1.82, 2.24) is 24.7 Å². The van der Waals surface area contributed by atoms with Crippen molar-refractivity contribution in [2.24, 2.45) is 0 Å². The molecular weight excluding hydrogens is 392 g/mol. The van der Waals surface area contributed by atoms with Gasteiger partial charge in [-0.15, -0.1) is 0 Å². The number of nitrogens with one attached hydrogen (secondary N) is 1. The number of rotatable bonds is 6. The molecule has 30 heavy (non-hydrogen) atoms. The number of para-hydroxylation sites is 1. The third kappa shape index (κ3) is 4.52. The molecule has 1 amide bonds. The highest BCUT2D eigenvalue weighted by Gasteiger charge is 2.31. The first-order valence-corrected chi connectivity index (χ1v) is 10.5. The largest absolute Gasteiger partial charge is 0.355 e. The Balaban J connectivity index is 1.58. The number of amides is 1. The number of nitrogens with zero attached hydrogens (tertiary/aromatic N) is 4. The lowest BCUT2D eigenvalue weighted by Crippen LogP contribution is -2.39. The molecule has 0 aliphatic carbocycles. The quantitative estimate of drug-likeness (QED) is 0.771. The Morgan fingerprint density at radius 1 is 1.13 bits per heavy atom. The lowest BCUT2D eigenvalue weighted by molar-refractivity contribution is -0.120. The van der Waals surface area contributed by atoms with E-state index in [9.17, 15) is 18.4 Å². The highest BCUT2D eigenvalue weighted by Crippen LogP contribution is 2.31. The fraction of sp³-hybridized carbons (Fsp3) is 0.571. The number of hydrogen-bond donors (Lipinski definition) is 1. The van der Waals surface area contributed by atoms with Gasteiger partial charge in [-0.1, -0.05) is 12.1 Å². The number of halogens is 2. The van der Waals surface area contributed by atoms with Gasteiger partial charge in [0.15, 0.2) is 0 Å². The van der Waals surface area contributed by atoms with E-state index >= 15 is 0 Å². The summed E-state index contributed by atoms with van der Waals surface area (Å²) < 4.78 is 27.7. The SMILES string of the molecule is O=C1CCN(CCN2CCCC2c2nc3ccccc3c(=O)n2CC(F)F)CCN1. The molecule has 1 aromatic heterocycles. The summed E-state index contributed by atoms with van der Waals surface area (Å²) in [6.07, 6.45) is -0.416. The molecule has 0 radical (unpaired) electrons. The van der Waals surface area contributed by atoms with Crippen molar-refractivity contribution < 1.29 is 13.6 Å². The second-order valence-electron chi connectivity index (χ2n) is 7.93. The molecule has 9 heteroatoms. The van der Waals surface area contributed by atoms with Gasteiger partial charge < -0.3 is 5.32 Å². The Morgan fingerprint density at radius 2 is 1.97 bits per heavy atom. The van der Waals surface area contributed by atoms with Gasteiger partial charge in [0, 0.05) is 39.1 Å². The molecule has 1 atom stereocenters. The summed E-state index contributed by atoms with van der Waals surface area (Å²) >= 11 is 0. The lowest BCUT2D eigenvalue weighted by Gasteiger charge is -2.29. The van der Waals surface area contributed by atoms with Crippen LogP contribution in [0.15, 0.2) is 29.1 Å². The molecule has 2 saturated heterocycles. The number of likely N-dealkylation sites (tertiary alicyclic amines) is 1. The molecule has 4 rings (SSSR count). The Bertz CT molecular complexity index is 964. The molecule has 1 unspecified atom stereocenters. The molecule has 0 saturated carbocycles. The highest BCUT2D eigenvalue weighted by molar-refractivity contribution is 5.77. The predicted octanol–water partition coefficient (Wildman–Crippen LogP) is 1.62. The van der Waals surface area contributed by atoms with Crippen LogP contribution in [0.2, 0.25) is 0 Å². The maximum Gasteiger partial charge on any atom is 0.261 e. The van der Waals surface area contributed by atoms with Crippen molar-refractivity contribution in [3.63, 3.8) is 0 Å². The third-order valence-electron chi connectivity index (χ3n) is 5.98. The van der Waals surface area contributed by atoms with Crippen molar-refractivity contribution in [1.29, 1.82) is 0 Å². The van der Waals surface area contributed by atoms with E-state index in [1.807, 2.05) is 0 Å². The summed E-state index contributed by atoms with van der Waals surface area (Å²) in [5.74, 6) is 0.511. The van der Waals surface area contributed by atoms with Gasteiger partial charge in [0.25, 0.3) is 12.0 Å². The minimum Gasteiger partial charge on any atom is -0.355 e. The molecule has 2 fully saturated rings. The zero-order chi connectivity index (χ0) is 21.1. The van der Waals surface area contributed by atoms with E-state index in [2.05, 4.69) is 20.1 Å². The highest BCUT2D eigenvalue weighted by atomic mass is 19.3. The number of alkyl halides is 2. The van der Waals surface area contributed by atoms with Gasteiger partial charge >= 0.3 is 0 Å². The van der Waals surface area contributed by atoms with Crippen LogP contribution in [0.4, 0.5) is 8.78 Å². The molecule has 7 nitrogen and oxygen atoms in total. The molecule has 0 bridgehead atoms. The van der Waals surface area contributed by atoms with Gasteiger partial charge in [-0.05, 0) is 31.5 Å². The zero-order valence-corrected chi connectivity index (χ0v) is 16.9. The summed E-state index contributed by atoms with van der Waals surface area (Å²) in [7, 11) is 0. The minimum absolute atomic E-state index is 0.0768. The number of carbonyl (C=O) groups excluding carboxylic acids is 1. The average Bonchev–Trinajstić information content (AvgIpc) is 3.09. The van der Waals surface area contributed by atoms with Crippen LogP contribution >= 0.6 is 0 Å². The Labute approximate surface area is 173 Å². The van der Waals surface area contributed by atoms with Crippen LogP contribution in [0.25, 0.3) is 10.9 Å². The molecule has 162 valence electrons. The number of carbonyl (C=O) groups is 1. The molecule has 2 aliphatic rings. The van der Waals surface area contributed by atoms with Crippen molar-refractivity contribution in [3.8, 4) is 0 Å². The number of benzene rings is 1. The number of fused-ring (bicyclic) bond motifs is 1. The molecule has 3 heterocycles. The summed E-state index contributed by atoms with van der Waals surface area (Å²) in [5, 5.41) is 3.24. The molecule has 2 aliphatic heterocycles. The minimum atomic E-state index is -2.62. The standard InChI is InChI=1S/C21H27F2N5O2/c22-18(23)14-28-20(25-16-5-2-1-4-15(16)21(28)30)17-6-3-9-27(17)13-12-26-10-7-19(29)24-8-11-26/h1-2,4-5,17-18H,3,6-14H2,(H,24,29). The fourth-order valence-corrected chi connectivity index (χ4v) is 4.45. The summed E-state index contributed by atoms with van der Waals surface area (Å²) in [5.41, 5.74) is 0.145. The number of aromatic nitrogens is 2. The van der Waals surface area contributed by atoms with Crippen LogP contribution in [-0.4, -0.2) is 71.0 Å². The zero-order valence-electron chi connectivity index (χ0n) is 16.9. The van der Waals surface area contributed by atoms with E-state index in [4.69, 9.17) is 0 Å². The van der Waals surface area contributed by atoms with Crippen LogP contribution in [0, 0.1) is 0 Å². The van der Waals surface area contributed by atoms with Crippen molar-refractivity contribution in [2.75, 3.05) is 39.3 Å². The predicted molar refractivity (Wildman–Crippen MR) is 110 cm³/mol. The average molecular weight is 419 g/mol. The van der Waals surface area contributed by atoms with Crippen LogP contribution in [-0.2, 0) is 11.3 Å². The fourth-order valence-electron chi connectivity index (χ4n) is 4.45. The van der Waals surface area contributed by atoms with E-state index in [1.165, 1.54) is 4.57 Å². The van der Waals surface area contributed by atoms with Crippen LogP contribution in [0.3, 0.4) is 0 Å². The topological polar surface area (TPSA) is 70.5 Å². The summed E-state index contributed by atoms with van der Waals surface area (Å²) in [4.78, 5) is 33.6. The maximum atomic E-state index is 13.3. The van der Waals surface area contributed by atoms with Crippen LogP contribution in [0.5, 0.6) is 0 Å². The van der Waals surface area contributed by atoms with Gasteiger partial charge in [0.05, 0.1) is 23.5 Å². The van der Waals surface area contributed by atoms with Gasteiger partial charge in [-0.25, -0.2) is 13.8 Å². The van der Waals surface area contributed by atoms with E-state index in [-0.39, 0.29) is 11.9 Å². The monoisotopic (exact) mass is 419 g/mol. The molecule has 2 aromatic rings. The van der Waals surface area contributed by atoms with E-state index < -0.39 is 18.5 Å². The van der Waals surface area contributed by atoms with Crippen molar-refractivity contribution >= 4 is 16.8 Å². The molecular formula is C21H27F2N5O2. The first kappa shape index (κ1) is 20.9. The number of hydrogen-bond acceptors (Lipinski definition) is 5. The summed E-state index contributed by atoms with van der Waals surface area (Å²) in [6.45, 7) is 3.89. The van der Waals surface area contributed by atoms with Gasteiger partial charge in [-0.2, -0.15) is 0 Å². The van der Waals surface area contributed by atoms with E-state index in [0.29, 0.717) is 36.2 Å².